The van der Waals surface area contributed by atoms with Crippen molar-refractivity contribution in [2.24, 2.45) is 0 Å². The topological polar surface area (TPSA) is 78.5 Å². The van der Waals surface area contributed by atoms with E-state index in [0.717, 1.165) is 11.3 Å². The highest BCUT2D eigenvalue weighted by Gasteiger charge is 2.51. The van der Waals surface area contributed by atoms with Crippen LogP contribution < -0.4 is 15.5 Å². The van der Waals surface area contributed by atoms with Crippen LogP contribution in [-0.4, -0.2) is 38.9 Å². The molecule has 0 unspecified atom stereocenters. The number of anilines is 1. The number of carbonyl (C=O) groups is 3. The van der Waals surface area contributed by atoms with Crippen LogP contribution >= 0.6 is 0 Å². The van der Waals surface area contributed by atoms with Crippen molar-refractivity contribution in [3.8, 4) is 0 Å². The van der Waals surface area contributed by atoms with Gasteiger partial charge in [-0.05, 0) is 11.6 Å². The van der Waals surface area contributed by atoms with Crippen molar-refractivity contribution in [2.45, 2.75) is 32.1 Å². The Hall–Kier alpha value is -2.37. The Balaban J connectivity index is 0.00000127. The molecular formula is C17H25N3O3. The number of para-hydroxylation sites is 1. The monoisotopic (exact) mass is 319 g/mol. The Morgan fingerprint density at radius 1 is 1.04 bits per heavy atom. The second kappa shape index (κ2) is 7.76. The van der Waals surface area contributed by atoms with E-state index in [0.29, 0.717) is 0 Å². The van der Waals surface area contributed by atoms with Gasteiger partial charge in [-0.2, -0.15) is 0 Å². The third-order valence-corrected chi connectivity index (χ3v) is 3.98. The van der Waals surface area contributed by atoms with E-state index < -0.39 is 5.41 Å². The Kier molecular flexibility index (Phi) is 6.30. The van der Waals surface area contributed by atoms with Gasteiger partial charge in [0.1, 0.15) is 0 Å². The van der Waals surface area contributed by atoms with E-state index in [1.807, 2.05) is 38.1 Å². The molecule has 0 saturated heterocycles. The molecule has 2 N–H and O–H groups in total. The van der Waals surface area contributed by atoms with Crippen LogP contribution in [0.2, 0.25) is 0 Å². The Bertz CT molecular complexity index is 581. The predicted octanol–water partition coefficient (Wildman–Crippen LogP) is 1.20. The van der Waals surface area contributed by atoms with Crippen LogP contribution in [-0.2, 0) is 19.8 Å². The number of nitrogens with one attached hydrogen (secondary N) is 2. The maximum absolute atomic E-state index is 12.8. The zero-order valence-corrected chi connectivity index (χ0v) is 14.4. The second-order valence-corrected chi connectivity index (χ2v) is 5.16. The Morgan fingerprint density at radius 3 is 2.00 bits per heavy atom. The van der Waals surface area contributed by atoms with Crippen LogP contribution in [0.25, 0.3) is 0 Å². The van der Waals surface area contributed by atoms with Gasteiger partial charge >= 0.3 is 0 Å². The van der Waals surface area contributed by atoms with Gasteiger partial charge in [0.15, 0.2) is 0 Å². The van der Waals surface area contributed by atoms with E-state index in [-0.39, 0.29) is 30.6 Å². The molecule has 0 saturated carbocycles. The van der Waals surface area contributed by atoms with Crippen molar-refractivity contribution in [3.63, 3.8) is 0 Å². The highest BCUT2D eigenvalue weighted by molar-refractivity contribution is 6.11. The van der Waals surface area contributed by atoms with Crippen LogP contribution in [0.5, 0.6) is 0 Å². The molecule has 6 nitrogen and oxygen atoms in total. The smallest absolute Gasteiger partial charge is 0.238 e. The van der Waals surface area contributed by atoms with E-state index >= 15 is 0 Å². The molecule has 0 atom stereocenters. The molecule has 0 radical (unpaired) electrons. The summed E-state index contributed by atoms with van der Waals surface area (Å²) in [5.41, 5.74) is 0.339. The standard InChI is InChI=1S/C15H19N3O3.C2H6/c1-16-12(19)8-15(9-13(20)17-2)10-6-4-5-7-11(10)18(3)14(15)21;1-2/h4-7H,8-9H2,1-3H3,(H,16,19)(H,17,20);1-2H3. The third-order valence-electron chi connectivity index (χ3n) is 3.98. The highest BCUT2D eigenvalue weighted by atomic mass is 16.2. The summed E-state index contributed by atoms with van der Waals surface area (Å²) >= 11 is 0. The average Bonchev–Trinajstić information content (AvgIpc) is 2.79. The second-order valence-electron chi connectivity index (χ2n) is 5.16. The van der Waals surface area contributed by atoms with E-state index in [4.69, 9.17) is 0 Å². The number of amides is 3. The largest absolute Gasteiger partial charge is 0.359 e. The van der Waals surface area contributed by atoms with Crippen LogP contribution in [0.15, 0.2) is 24.3 Å². The lowest BCUT2D eigenvalue weighted by atomic mass is 9.75. The Morgan fingerprint density at radius 2 is 1.52 bits per heavy atom. The van der Waals surface area contributed by atoms with E-state index in [1.165, 1.54) is 19.0 Å². The van der Waals surface area contributed by atoms with Crippen LogP contribution in [0.4, 0.5) is 5.69 Å². The average molecular weight is 319 g/mol. The summed E-state index contributed by atoms with van der Waals surface area (Å²) in [7, 11) is 4.70. The van der Waals surface area contributed by atoms with Crippen molar-refractivity contribution < 1.29 is 14.4 Å². The molecule has 23 heavy (non-hydrogen) atoms. The fourth-order valence-electron chi connectivity index (χ4n) is 2.85. The molecule has 0 fully saturated rings. The number of rotatable bonds is 4. The van der Waals surface area contributed by atoms with Crippen molar-refractivity contribution in [1.82, 2.24) is 10.6 Å². The van der Waals surface area contributed by atoms with E-state index in [2.05, 4.69) is 10.6 Å². The summed E-state index contributed by atoms with van der Waals surface area (Å²) in [6, 6.07) is 7.28. The van der Waals surface area contributed by atoms with Crippen molar-refractivity contribution in [2.75, 3.05) is 26.0 Å². The van der Waals surface area contributed by atoms with Gasteiger partial charge in [-0.1, -0.05) is 32.0 Å². The normalized spacial score (nSPS) is 14.5. The molecule has 1 aliphatic heterocycles. The van der Waals surface area contributed by atoms with Crippen molar-refractivity contribution in [3.05, 3.63) is 29.8 Å². The first-order chi connectivity index (χ1) is 11.0. The zero-order valence-electron chi connectivity index (χ0n) is 14.4. The molecule has 0 spiro atoms. The van der Waals surface area contributed by atoms with Gasteiger partial charge in [-0.25, -0.2) is 0 Å². The lowest BCUT2D eigenvalue weighted by Gasteiger charge is -2.26. The first-order valence-corrected chi connectivity index (χ1v) is 7.75. The summed E-state index contributed by atoms with van der Waals surface area (Å²) in [6.07, 6.45) is -0.0891. The molecule has 6 heteroatoms. The number of nitrogens with zero attached hydrogens (tertiary/aromatic N) is 1. The third kappa shape index (κ3) is 3.36. The maximum Gasteiger partial charge on any atom is 0.238 e. The van der Waals surface area contributed by atoms with E-state index in [1.54, 1.807) is 7.05 Å². The Labute approximate surface area is 137 Å². The van der Waals surface area contributed by atoms with E-state index in [9.17, 15) is 14.4 Å². The molecule has 1 aliphatic rings. The van der Waals surface area contributed by atoms with Gasteiger partial charge in [-0.15, -0.1) is 0 Å². The number of carbonyl (C=O) groups excluding carboxylic acids is 3. The SMILES string of the molecule is CC.CNC(=O)CC1(CC(=O)NC)C(=O)N(C)c2ccccc21. The minimum absolute atomic E-state index is 0.0445. The quantitative estimate of drug-likeness (QED) is 0.875. The molecule has 1 heterocycles. The summed E-state index contributed by atoms with van der Waals surface area (Å²) < 4.78 is 0. The summed E-state index contributed by atoms with van der Waals surface area (Å²) in [6.45, 7) is 4.00. The molecule has 1 aromatic carbocycles. The molecule has 0 aliphatic carbocycles. The zero-order chi connectivity index (χ0) is 17.6. The first-order valence-electron chi connectivity index (χ1n) is 7.75. The molecule has 0 bridgehead atoms. The van der Waals surface area contributed by atoms with Crippen LogP contribution in [0, 0.1) is 0 Å². The highest BCUT2D eigenvalue weighted by Crippen LogP contribution is 2.45. The number of likely N-dealkylation sites (N-methyl/N-ethyl adjacent to an activating group) is 1. The molecular weight excluding hydrogens is 294 g/mol. The number of hydrogen-bond acceptors (Lipinski definition) is 3. The number of fused-ring (bicyclic) bond motifs is 1. The molecule has 2 rings (SSSR count). The summed E-state index contributed by atoms with van der Waals surface area (Å²) in [4.78, 5) is 38.1. The fourth-order valence-corrected chi connectivity index (χ4v) is 2.85. The number of hydrogen-bond donors (Lipinski definition) is 2. The molecule has 1 aromatic rings. The maximum atomic E-state index is 12.8. The lowest BCUT2D eigenvalue weighted by Crippen LogP contribution is -2.45. The van der Waals surface area contributed by atoms with Gasteiger partial charge in [0, 0.05) is 39.7 Å². The van der Waals surface area contributed by atoms with Crippen molar-refractivity contribution >= 4 is 23.4 Å². The minimum atomic E-state index is -1.13. The summed E-state index contributed by atoms with van der Waals surface area (Å²) in [5.74, 6) is -0.759. The van der Waals surface area contributed by atoms with Gasteiger partial charge in [-0.3, -0.25) is 14.4 Å². The molecule has 0 aromatic heterocycles. The van der Waals surface area contributed by atoms with Crippen LogP contribution in [0.1, 0.15) is 32.3 Å². The van der Waals surface area contributed by atoms with Gasteiger partial charge < -0.3 is 15.5 Å². The van der Waals surface area contributed by atoms with Gasteiger partial charge in [0.25, 0.3) is 0 Å². The first kappa shape index (κ1) is 18.7. The van der Waals surface area contributed by atoms with Crippen LogP contribution in [0.3, 0.4) is 0 Å². The van der Waals surface area contributed by atoms with Crippen molar-refractivity contribution in [1.29, 1.82) is 0 Å². The fraction of sp³-hybridized carbons (Fsp3) is 0.471. The van der Waals surface area contributed by atoms with Gasteiger partial charge in [0.05, 0.1) is 5.41 Å². The lowest BCUT2D eigenvalue weighted by molar-refractivity contribution is -0.132. The summed E-state index contributed by atoms with van der Waals surface area (Å²) in [5, 5.41) is 5.07. The van der Waals surface area contributed by atoms with Gasteiger partial charge in [0.2, 0.25) is 17.7 Å². The minimum Gasteiger partial charge on any atom is -0.359 e. The molecule has 3 amide bonds. The number of benzene rings is 1. The predicted molar refractivity (Wildman–Crippen MR) is 90.2 cm³/mol. The molecule has 126 valence electrons.